The van der Waals surface area contributed by atoms with Crippen molar-refractivity contribution in [1.82, 2.24) is 4.98 Å². The Hall–Kier alpha value is -2.56. The van der Waals surface area contributed by atoms with Crippen LogP contribution >= 0.6 is 0 Å². The number of ether oxygens (including phenoxy) is 1. The fraction of sp³-hybridized carbons (Fsp3) is 0.364. The van der Waals surface area contributed by atoms with Crippen LogP contribution in [0, 0.1) is 18.6 Å². The first-order valence-electron chi connectivity index (χ1n) is 9.18. The number of pyridine rings is 1. The maximum Gasteiger partial charge on any atom is 0.320 e. The molecule has 4 rings (SSSR count). The first-order chi connectivity index (χ1) is 13.0. The van der Waals surface area contributed by atoms with Crippen molar-refractivity contribution in [1.29, 1.82) is 0 Å². The zero-order valence-electron chi connectivity index (χ0n) is 15.4. The van der Waals surface area contributed by atoms with E-state index in [4.69, 9.17) is 4.74 Å². The number of esters is 1. The maximum absolute atomic E-state index is 14.2. The molecule has 0 N–H and O–H groups in total. The third kappa shape index (κ3) is 2.95. The normalized spacial score (nSPS) is 21.9. The van der Waals surface area contributed by atoms with Crippen molar-refractivity contribution in [2.24, 2.45) is 0 Å². The third-order valence-electron chi connectivity index (χ3n) is 5.70. The number of halogens is 2. The number of aromatic nitrogens is 1. The Morgan fingerprint density at radius 1 is 1.30 bits per heavy atom. The van der Waals surface area contributed by atoms with Crippen LogP contribution in [-0.2, 0) is 14.9 Å². The molecule has 0 radical (unpaired) electrons. The fourth-order valence-corrected chi connectivity index (χ4v) is 4.13. The minimum Gasteiger partial charge on any atom is -0.468 e. The summed E-state index contributed by atoms with van der Waals surface area (Å²) in [5.74, 6) is -0.828. The SMILES string of the molecule is COC(=O)C1(c2cccc(F)c2C)C=C(c2cc(F)cnc2C2CC2)CC1. The molecule has 3 nitrogen and oxygen atoms in total. The van der Waals surface area contributed by atoms with Crippen molar-refractivity contribution in [2.45, 2.75) is 43.9 Å². The topological polar surface area (TPSA) is 39.2 Å². The third-order valence-corrected chi connectivity index (χ3v) is 5.70. The van der Waals surface area contributed by atoms with Gasteiger partial charge in [0.15, 0.2) is 0 Å². The number of nitrogens with zero attached hydrogens (tertiary/aromatic N) is 1. The second-order valence-electron chi connectivity index (χ2n) is 7.41. The van der Waals surface area contributed by atoms with Crippen molar-refractivity contribution >= 4 is 11.5 Å². The summed E-state index contributed by atoms with van der Waals surface area (Å²) in [6.07, 6.45) is 6.21. The number of hydrogen-bond donors (Lipinski definition) is 0. The van der Waals surface area contributed by atoms with Crippen LogP contribution in [0.3, 0.4) is 0 Å². The van der Waals surface area contributed by atoms with Crippen LogP contribution in [0.4, 0.5) is 8.78 Å². The van der Waals surface area contributed by atoms with Gasteiger partial charge in [0.05, 0.1) is 19.0 Å². The quantitative estimate of drug-likeness (QED) is 0.725. The summed E-state index contributed by atoms with van der Waals surface area (Å²) in [6.45, 7) is 1.67. The van der Waals surface area contributed by atoms with E-state index in [9.17, 15) is 13.6 Å². The molecule has 0 saturated heterocycles. The molecule has 5 heteroatoms. The number of rotatable bonds is 4. The molecule has 1 atom stereocenters. The van der Waals surface area contributed by atoms with E-state index < -0.39 is 17.2 Å². The lowest BCUT2D eigenvalue weighted by Gasteiger charge is -2.26. The number of hydrogen-bond acceptors (Lipinski definition) is 3. The van der Waals surface area contributed by atoms with E-state index in [1.54, 1.807) is 19.1 Å². The smallest absolute Gasteiger partial charge is 0.320 e. The van der Waals surface area contributed by atoms with E-state index in [1.807, 2.05) is 6.08 Å². The predicted molar refractivity (Wildman–Crippen MR) is 98.2 cm³/mol. The molecule has 2 aliphatic carbocycles. The minimum absolute atomic E-state index is 0.352. The highest BCUT2D eigenvalue weighted by atomic mass is 19.1. The van der Waals surface area contributed by atoms with Crippen molar-refractivity contribution in [3.8, 4) is 0 Å². The second-order valence-corrected chi connectivity index (χ2v) is 7.41. The van der Waals surface area contributed by atoms with Crippen LogP contribution in [0.2, 0.25) is 0 Å². The molecule has 1 aromatic carbocycles. The van der Waals surface area contributed by atoms with E-state index >= 15 is 0 Å². The van der Waals surface area contributed by atoms with Gasteiger partial charge in [-0.2, -0.15) is 0 Å². The molecule has 1 saturated carbocycles. The van der Waals surface area contributed by atoms with Gasteiger partial charge in [0, 0.05) is 11.5 Å². The Labute approximate surface area is 157 Å². The average molecular weight is 369 g/mol. The lowest BCUT2D eigenvalue weighted by atomic mass is 9.77. The van der Waals surface area contributed by atoms with Crippen molar-refractivity contribution in [3.05, 3.63) is 70.6 Å². The Bertz CT molecular complexity index is 949. The van der Waals surface area contributed by atoms with Crippen LogP contribution in [0.25, 0.3) is 5.57 Å². The zero-order valence-corrected chi connectivity index (χ0v) is 15.4. The van der Waals surface area contributed by atoms with E-state index in [0.29, 0.717) is 29.9 Å². The summed E-state index contributed by atoms with van der Waals surface area (Å²) < 4.78 is 33.2. The highest BCUT2D eigenvalue weighted by Crippen LogP contribution is 2.48. The van der Waals surface area contributed by atoms with Crippen molar-refractivity contribution < 1.29 is 18.3 Å². The molecule has 27 heavy (non-hydrogen) atoms. The van der Waals surface area contributed by atoms with Gasteiger partial charge in [0.25, 0.3) is 0 Å². The minimum atomic E-state index is -1.07. The molecule has 2 aliphatic rings. The average Bonchev–Trinajstić information content (AvgIpc) is 3.41. The standard InChI is InChI=1S/C22H21F2NO2/c1-13-18(4-3-5-19(13)24)22(21(26)27-2)9-8-15(11-22)17-10-16(23)12-25-20(17)14-6-7-14/h3-5,10-12,14H,6-9H2,1-2H3. The molecule has 0 spiro atoms. The van der Waals surface area contributed by atoms with Gasteiger partial charge in [-0.3, -0.25) is 9.78 Å². The van der Waals surface area contributed by atoms with Gasteiger partial charge in [-0.25, -0.2) is 8.78 Å². The van der Waals surface area contributed by atoms with E-state index in [1.165, 1.54) is 25.4 Å². The van der Waals surface area contributed by atoms with Crippen LogP contribution < -0.4 is 0 Å². The Morgan fingerprint density at radius 3 is 2.78 bits per heavy atom. The van der Waals surface area contributed by atoms with Gasteiger partial charge in [-0.1, -0.05) is 18.2 Å². The Balaban J connectivity index is 1.87. The number of carbonyl (C=O) groups excluding carboxylic acids is 1. The monoisotopic (exact) mass is 369 g/mol. The molecule has 1 aromatic heterocycles. The number of methoxy groups -OCH3 is 1. The Morgan fingerprint density at radius 2 is 2.07 bits per heavy atom. The first kappa shape index (κ1) is 17.8. The number of allylic oxidation sites excluding steroid dienone is 1. The van der Waals surface area contributed by atoms with Crippen LogP contribution in [-0.4, -0.2) is 18.1 Å². The molecule has 2 aromatic rings. The molecular weight excluding hydrogens is 348 g/mol. The molecule has 1 unspecified atom stereocenters. The van der Waals surface area contributed by atoms with E-state index in [2.05, 4.69) is 4.98 Å². The van der Waals surface area contributed by atoms with Gasteiger partial charge in [-0.15, -0.1) is 0 Å². The van der Waals surface area contributed by atoms with Gasteiger partial charge in [0.1, 0.15) is 17.0 Å². The zero-order chi connectivity index (χ0) is 19.2. The largest absolute Gasteiger partial charge is 0.468 e. The van der Waals surface area contributed by atoms with Gasteiger partial charge >= 0.3 is 5.97 Å². The lowest BCUT2D eigenvalue weighted by Crippen LogP contribution is -2.34. The highest BCUT2D eigenvalue weighted by molar-refractivity contribution is 5.91. The molecule has 0 bridgehead atoms. The Kier molecular flexibility index (Phi) is 4.33. The van der Waals surface area contributed by atoms with Gasteiger partial charge < -0.3 is 4.74 Å². The van der Waals surface area contributed by atoms with Crippen LogP contribution in [0.5, 0.6) is 0 Å². The summed E-state index contributed by atoms with van der Waals surface area (Å²) in [5, 5.41) is 0. The fourth-order valence-electron chi connectivity index (χ4n) is 4.13. The van der Waals surface area contributed by atoms with Gasteiger partial charge in [0.2, 0.25) is 0 Å². The van der Waals surface area contributed by atoms with E-state index in [0.717, 1.165) is 29.7 Å². The second kappa shape index (κ2) is 6.55. The first-order valence-corrected chi connectivity index (χ1v) is 9.18. The predicted octanol–water partition coefficient (Wildman–Crippen LogP) is 4.83. The van der Waals surface area contributed by atoms with Crippen LogP contribution in [0.15, 0.2) is 36.5 Å². The summed E-state index contributed by atoms with van der Waals surface area (Å²) >= 11 is 0. The molecule has 1 fully saturated rings. The summed E-state index contributed by atoms with van der Waals surface area (Å²) in [6, 6.07) is 6.25. The molecule has 140 valence electrons. The molecule has 1 heterocycles. The lowest BCUT2D eigenvalue weighted by molar-refractivity contribution is -0.145. The maximum atomic E-state index is 14.2. The number of benzene rings is 1. The van der Waals surface area contributed by atoms with Gasteiger partial charge in [-0.05, 0) is 61.4 Å². The molecule has 0 aliphatic heterocycles. The highest BCUT2D eigenvalue weighted by Gasteiger charge is 2.45. The summed E-state index contributed by atoms with van der Waals surface area (Å²) in [7, 11) is 1.34. The van der Waals surface area contributed by atoms with Crippen molar-refractivity contribution in [3.63, 3.8) is 0 Å². The molecule has 0 amide bonds. The van der Waals surface area contributed by atoms with E-state index in [-0.39, 0.29) is 5.82 Å². The molecular formula is C22H21F2NO2. The number of carbonyl (C=O) groups is 1. The summed E-state index contributed by atoms with van der Waals surface area (Å²) in [5.41, 5.74) is 2.49. The van der Waals surface area contributed by atoms with Crippen molar-refractivity contribution in [2.75, 3.05) is 7.11 Å². The summed E-state index contributed by atoms with van der Waals surface area (Å²) in [4.78, 5) is 17.1. The van der Waals surface area contributed by atoms with Crippen LogP contribution in [0.1, 0.15) is 54.0 Å².